The highest BCUT2D eigenvalue weighted by Gasteiger charge is 2.26. The van der Waals surface area contributed by atoms with Crippen molar-refractivity contribution in [2.24, 2.45) is 0 Å². The Labute approximate surface area is 88.7 Å². The topological polar surface area (TPSA) is 46.5 Å². The molecule has 3 nitrogen and oxygen atoms in total. The quantitative estimate of drug-likeness (QED) is 0.772. The summed E-state index contributed by atoms with van der Waals surface area (Å²) in [7, 11) is 0. The molecule has 1 heterocycles. The van der Waals surface area contributed by atoms with Gasteiger partial charge in [0.1, 0.15) is 17.6 Å². The molecule has 1 aromatic carbocycles. The van der Waals surface area contributed by atoms with Crippen LogP contribution >= 0.6 is 0 Å². The van der Waals surface area contributed by atoms with E-state index in [1.165, 1.54) is 0 Å². The second kappa shape index (κ2) is 3.93. The molecule has 0 aromatic heterocycles. The monoisotopic (exact) mass is 206 g/mol. The minimum absolute atomic E-state index is 0.000832. The molecule has 1 aromatic rings. The second-order valence-electron chi connectivity index (χ2n) is 3.84. The number of hydrogen-bond acceptors (Lipinski definition) is 3. The summed E-state index contributed by atoms with van der Waals surface area (Å²) >= 11 is 0. The Balaban J connectivity index is 2.33. The molecule has 15 heavy (non-hydrogen) atoms. The summed E-state index contributed by atoms with van der Waals surface area (Å²) in [6.07, 6.45) is 3.69. The van der Waals surface area contributed by atoms with E-state index < -0.39 is 0 Å². The van der Waals surface area contributed by atoms with Crippen LogP contribution in [0.25, 0.3) is 0 Å². The summed E-state index contributed by atoms with van der Waals surface area (Å²) in [5.74, 6) is 0.573. The van der Waals surface area contributed by atoms with Crippen LogP contribution in [-0.4, -0.2) is 17.5 Å². The van der Waals surface area contributed by atoms with Gasteiger partial charge in [-0.2, -0.15) is 0 Å². The Bertz CT molecular complexity index is 385. The third kappa shape index (κ3) is 1.69. The number of phenolic OH excluding ortho intramolecular Hbond substituents is 1. The highest BCUT2D eigenvalue weighted by molar-refractivity contribution is 5.84. The predicted octanol–water partition coefficient (Wildman–Crippen LogP) is 2.31. The van der Waals surface area contributed by atoms with Crippen molar-refractivity contribution in [2.45, 2.75) is 32.3 Å². The number of fused-ring (bicyclic) bond motifs is 1. The Morgan fingerprint density at radius 3 is 3.07 bits per heavy atom. The lowest BCUT2D eigenvalue weighted by Gasteiger charge is -2.09. The summed E-state index contributed by atoms with van der Waals surface area (Å²) in [4.78, 5) is 10.8. The zero-order chi connectivity index (χ0) is 10.8. The maximum absolute atomic E-state index is 10.8. The third-order valence-corrected chi connectivity index (χ3v) is 2.72. The average molecular weight is 206 g/mol. The minimum Gasteiger partial charge on any atom is -0.507 e. The Kier molecular flexibility index (Phi) is 2.62. The fourth-order valence-corrected chi connectivity index (χ4v) is 1.98. The third-order valence-electron chi connectivity index (χ3n) is 2.72. The van der Waals surface area contributed by atoms with Crippen LogP contribution in [0.1, 0.15) is 35.7 Å². The van der Waals surface area contributed by atoms with E-state index in [9.17, 15) is 9.90 Å². The number of benzene rings is 1. The standard InChI is InChI=1S/C12H14O3/c1-2-3-9-6-8-4-5-11(14)10(7-13)12(8)15-9/h4-5,7,9,14H,2-3,6H2,1H3. The van der Waals surface area contributed by atoms with E-state index in [-0.39, 0.29) is 17.4 Å². The van der Waals surface area contributed by atoms with E-state index in [4.69, 9.17) is 4.74 Å². The predicted molar refractivity (Wildman–Crippen MR) is 56.5 cm³/mol. The van der Waals surface area contributed by atoms with Gasteiger partial charge in [-0.15, -0.1) is 0 Å². The van der Waals surface area contributed by atoms with Gasteiger partial charge in [0.2, 0.25) is 0 Å². The van der Waals surface area contributed by atoms with E-state index in [1.807, 2.05) is 6.07 Å². The fourth-order valence-electron chi connectivity index (χ4n) is 1.98. The van der Waals surface area contributed by atoms with Crippen LogP contribution in [0.2, 0.25) is 0 Å². The molecule has 0 bridgehead atoms. The van der Waals surface area contributed by atoms with Gasteiger partial charge in [-0.1, -0.05) is 19.4 Å². The van der Waals surface area contributed by atoms with Gasteiger partial charge in [0.05, 0.1) is 5.56 Å². The second-order valence-corrected chi connectivity index (χ2v) is 3.84. The normalized spacial score (nSPS) is 18.3. The van der Waals surface area contributed by atoms with Crippen molar-refractivity contribution in [3.8, 4) is 11.5 Å². The molecule has 0 radical (unpaired) electrons. The average Bonchev–Trinajstić information content (AvgIpc) is 2.61. The van der Waals surface area contributed by atoms with Gasteiger partial charge < -0.3 is 9.84 Å². The summed E-state index contributed by atoms with van der Waals surface area (Å²) in [6, 6.07) is 3.38. The molecule has 0 saturated carbocycles. The first-order chi connectivity index (χ1) is 7.26. The van der Waals surface area contributed by atoms with Crippen molar-refractivity contribution in [3.05, 3.63) is 23.3 Å². The lowest BCUT2D eigenvalue weighted by Crippen LogP contribution is -2.11. The number of rotatable bonds is 3. The van der Waals surface area contributed by atoms with Crippen molar-refractivity contribution >= 4 is 6.29 Å². The Hall–Kier alpha value is -1.51. The van der Waals surface area contributed by atoms with E-state index in [1.54, 1.807) is 6.07 Å². The summed E-state index contributed by atoms with van der Waals surface area (Å²) in [6.45, 7) is 2.10. The largest absolute Gasteiger partial charge is 0.507 e. The molecule has 1 N–H and O–H groups in total. The van der Waals surface area contributed by atoms with E-state index >= 15 is 0 Å². The first-order valence-corrected chi connectivity index (χ1v) is 5.23. The molecule has 3 heteroatoms. The molecule has 80 valence electrons. The maximum Gasteiger partial charge on any atom is 0.157 e. The van der Waals surface area contributed by atoms with Gasteiger partial charge in [-0.3, -0.25) is 4.79 Å². The van der Waals surface area contributed by atoms with Crippen LogP contribution in [0.4, 0.5) is 0 Å². The van der Waals surface area contributed by atoms with Gasteiger partial charge in [-0.25, -0.2) is 0 Å². The molecular weight excluding hydrogens is 192 g/mol. The van der Waals surface area contributed by atoms with E-state index in [0.717, 1.165) is 24.8 Å². The molecule has 1 atom stereocenters. The van der Waals surface area contributed by atoms with Gasteiger partial charge in [0.25, 0.3) is 0 Å². The molecule has 0 spiro atoms. The molecule has 1 aliphatic rings. The molecule has 2 rings (SSSR count). The van der Waals surface area contributed by atoms with Gasteiger partial charge in [0.15, 0.2) is 6.29 Å². The van der Waals surface area contributed by atoms with Crippen LogP contribution < -0.4 is 4.74 Å². The first-order valence-electron chi connectivity index (χ1n) is 5.23. The molecule has 0 amide bonds. The number of phenols is 1. The van der Waals surface area contributed by atoms with E-state index in [2.05, 4.69) is 6.92 Å². The Morgan fingerprint density at radius 2 is 2.40 bits per heavy atom. The fraction of sp³-hybridized carbons (Fsp3) is 0.417. The highest BCUT2D eigenvalue weighted by atomic mass is 16.5. The molecular formula is C12H14O3. The summed E-state index contributed by atoms with van der Waals surface area (Å²) < 4.78 is 5.66. The number of aldehydes is 1. The maximum atomic E-state index is 10.8. The number of hydrogen-bond donors (Lipinski definition) is 1. The summed E-state index contributed by atoms with van der Waals surface area (Å²) in [5, 5.41) is 9.48. The number of ether oxygens (including phenoxy) is 1. The smallest absolute Gasteiger partial charge is 0.157 e. The van der Waals surface area contributed by atoms with Crippen molar-refractivity contribution in [3.63, 3.8) is 0 Å². The lowest BCUT2D eigenvalue weighted by molar-refractivity contribution is 0.111. The van der Waals surface area contributed by atoms with Crippen LogP contribution in [-0.2, 0) is 6.42 Å². The molecule has 1 aliphatic heterocycles. The van der Waals surface area contributed by atoms with Gasteiger partial charge in [-0.05, 0) is 18.1 Å². The van der Waals surface area contributed by atoms with Crippen molar-refractivity contribution in [1.29, 1.82) is 0 Å². The van der Waals surface area contributed by atoms with Crippen LogP contribution in [0.3, 0.4) is 0 Å². The van der Waals surface area contributed by atoms with Gasteiger partial charge in [0, 0.05) is 6.42 Å². The Morgan fingerprint density at radius 1 is 1.60 bits per heavy atom. The summed E-state index contributed by atoms with van der Waals surface area (Å²) in [5.41, 5.74) is 1.31. The van der Waals surface area contributed by atoms with Crippen molar-refractivity contribution in [2.75, 3.05) is 0 Å². The van der Waals surface area contributed by atoms with Gasteiger partial charge >= 0.3 is 0 Å². The zero-order valence-electron chi connectivity index (χ0n) is 8.69. The molecule has 0 fully saturated rings. The lowest BCUT2D eigenvalue weighted by atomic mass is 10.0. The number of carbonyl (C=O) groups is 1. The first kappa shape index (κ1) is 10.0. The van der Waals surface area contributed by atoms with Crippen LogP contribution in [0, 0.1) is 0 Å². The van der Waals surface area contributed by atoms with Crippen LogP contribution in [0.5, 0.6) is 11.5 Å². The zero-order valence-corrected chi connectivity index (χ0v) is 8.69. The molecule has 0 saturated heterocycles. The molecule has 1 unspecified atom stereocenters. The SMILES string of the molecule is CCCC1Cc2ccc(O)c(C=O)c2O1. The van der Waals surface area contributed by atoms with E-state index in [0.29, 0.717) is 12.0 Å². The number of carbonyl (C=O) groups excluding carboxylic acids is 1. The highest BCUT2D eigenvalue weighted by Crippen LogP contribution is 2.37. The number of aromatic hydroxyl groups is 1. The molecule has 0 aliphatic carbocycles. The van der Waals surface area contributed by atoms with Crippen molar-refractivity contribution in [1.82, 2.24) is 0 Å². The minimum atomic E-state index is 0.000832. The van der Waals surface area contributed by atoms with Crippen LogP contribution in [0.15, 0.2) is 12.1 Å². The van der Waals surface area contributed by atoms with Crippen molar-refractivity contribution < 1.29 is 14.6 Å².